The molecule has 0 atom stereocenters. The first-order chi connectivity index (χ1) is 15.7. The predicted octanol–water partition coefficient (Wildman–Crippen LogP) is 5.72. The normalized spacial score (nSPS) is 10.7. The molecule has 0 heterocycles. The summed E-state index contributed by atoms with van der Waals surface area (Å²) in [6.07, 6.45) is 1.23. The van der Waals surface area contributed by atoms with Crippen molar-refractivity contribution in [3.8, 4) is 5.75 Å². The average Bonchev–Trinajstić information content (AvgIpc) is 2.78. The largest absolute Gasteiger partial charge is 0.422 e. The fourth-order valence-electron chi connectivity index (χ4n) is 2.47. The first kappa shape index (κ1) is 24.7. The fourth-order valence-corrected chi connectivity index (χ4v) is 3.36. The first-order valence-electron chi connectivity index (χ1n) is 9.10. The Morgan fingerprint density at radius 1 is 0.879 bits per heavy atom. The number of benzene rings is 3. The number of carbonyl (C=O) groups excluding carboxylic acids is 3. The van der Waals surface area contributed by atoms with Crippen molar-refractivity contribution >= 4 is 80.4 Å². The van der Waals surface area contributed by atoms with E-state index in [2.05, 4.69) is 31.8 Å². The Hall–Kier alpha value is -2.91. The molecule has 0 aromatic heterocycles. The van der Waals surface area contributed by atoms with Crippen molar-refractivity contribution in [1.82, 2.24) is 5.43 Å². The molecule has 0 saturated heterocycles. The van der Waals surface area contributed by atoms with E-state index in [0.29, 0.717) is 15.1 Å². The highest BCUT2D eigenvalue weighted by Gasteiger charge is 2.16. The van der Waals surface area contributed by atoms with E-state index in [-0.39, 0.29) is 27.0 Å². The standard InChI is InChI=1S/C22H13BrCl3N3O4/c23-13-5-8-19(33-22(32)15-3-1-2-4-16(15)24)12(9-13)11-27-29-21(31)20(30)28-14-6-7-17(25)18(26)10-14/h1-11H,(H,28,30)(H,29,31)/b27-11+. The number of hydrogen-bond acceptors (Lipinski definition) is 5. The van der Waals surface area contributed by atoms with Crippen LogP contribution in [0, 0.1) is 0 Å². The number of carbonyl (C=O) groups is 3. The molecule has 2 N–H and O–H groups in total. The molecule has 3 aromatic carbocycles. The van der Waals surface area contributed by atoms with Crippen molar-refractivity contribution < 1.29 is 19.1 Å². The van der Waals surface area contributed by atoms with Crippen molar-refractivity contribution in [3.63, 3.8) is 0 Å². The Balaban J connectivity index is 1.67. The lowest BCUT2D eigenvalue weighted by Gasteiger charge is -2.09. The van der Waals surface area contributed by atoms with Gasteiger partial charge in [-0.25, -0.2) is 10.2 Å². The molecule has 0 aliphatic carbocycles. The van der Waals surface area contributed by atoms with Gasteiger partial charge in [0.15, 0.2) is 0 Å². The van der Waals surface area contributed by atoms with E-state index >= 15 is 0 Å². The van der Waals surface area contributed by atoms with Gasteiger partial charge in [-0.2, -0.15) is 5.10 Å². The number of ether oxygens (including phenoxy) is 1. The third kappa shape index (κ3) is 6.79. The third-order valence-corrected chi connectivity index (χ3v) is 5.58. The number of hydrazone groups is 1. The first-order valence-corrected chi connectivity index (χ1v) is 11.0. The zero-order valence-corrected chi connectivity index (χ0v) is 20.3. The van der Waals surface area contributed by atoms with E-state index < -0.39 is 17.8 Å². The number of esters is 1. The molecule has 0 spiro atoms. The van der Waals surface area contributed by atoms with Crippen LogP contribution < -0.4 is 15.5 Å². The quantitative estimate of drug-likeness (QED) is 0.135. The summed E-state index contributed by atoms with van der Waals surface area (Å²) >= 11 is 21.1. The van der Waals surface area contributed by atoms with Crippen LogP contribution in [0.25, 0.3) is 0 Å². The van der Waals surface area contributed by atoms with Crippen molar-refractivity contribution in [3.05, 3.63) is 91.3 Å². The summed E-state index contributed by atoms with van der Waals surface area (Å²) in [5, 5.41) is 6.91. The van der Waals surface area contributed by atoms with Gasteiger partial charge in [0.25, 0.3) is 0 Å². The topological polar surface area (TPSA) is 96.9 Å². The van der Waals surface area contributed by atoms with Gasteiger partial charge in [-0.1, -0.05) is 62.9 Å². The van der Waals surface area contributed by atoms with Crippen LogP contribution in [-0.4, -0.2) is 24.0 Å². The zero-order valence-electron chi connectivity index (χ0n) is 16.4. The maximum Gasteiger partial charge on any atom is 0.345 e. The second kappa shape index (κ2) is 11.3. The lowest BCUT2D eigenvalue weighted by Crippen LogP contribution is -2.32. The summed E-state index contributed by atoms with van der Waals surface area (Å²) in [5.41, 5.74) is 2.94. The molecule has 33 heavy (non-hydrogen) atoms. The van der Waals surface area contributed by atoms with E-state index in [0.717, 1.165) is 0 Å². The summed E-state index contributed by atoms with van der Waals surface area (Å²) in [5.74, 6) is -2.49. The molecule has 3 aromatic rings. The Bertz CT molecular complexity index is 1270. The number of rotatable bonds is 5. The van der Waals surface area contributed by atoms with E-state index in [4.69, 9.17) is 39.5 Å². The Kier molecular flexibility index (Phi) is 8.46. The van der Waals surface area contributed by atoms with Crippen LogP contribution in [0.3, 0.4) is 0 Å². The van der Waals surface area contributed by atoms with Gasteiger partial charge >= 0.3 is 17.8 Å². The minimum absolute atomic E-state index is 0.168. The number of amides is 2. The summed E-state index contributed by atoms with van der Waals surface area (Å²) in [6.45, 7) is 0. The number of nitrogens with one attached hydrogen (secondary N) is 2. The summed E-state index contributed by atoms with van der Waals surface area (Å²) in [4.78, 5) is 36.5. The van der Waals surface area contributed by atoms with Crippen LogP contribution >= 0.6 is 50.7 Å². The number of hydrogen-bond donors (Lipinski definition) is 2. The lowest BCUT2D eigenvalue weighted by molar-refractivity contribution is -0.136. The summed E-state index contributed by atoms with van der Waals surface area (Å²) < 4.78 is 6.09. The highest BCUT2D eigenvalue weighted by molar-refractivity contribution is 9.10. The molecule has 0 fully saturated rings. The molecule has 11 heteroatoms. The Morgan fingerprint density at radius 2 is 1.64 bits per heavy atom. The van der Waals surface area contributed by atoms with Gasteiger partial charge in [0.2, 0.25) is 0 Å². The number of nitrogens with zero attached hydrogens (tertiary/aromatic N) is 1. The van der Waals surface area contributed by atoms with Crippen LogP contribution in [0.5, 0.6) is 5.75 Å². The molecule has 2 amide bonds. The molecule has 168 valence electrons. The van der Waals surface area contributed by atoms with Crippen LogP contribution in [0.4, 0.5) is 5.69 Å². The van der Waals surface area contributed by atoms with Gasteiger partial charge in [-0.15, -0.1) is 0 Å². The van der Waals surface area contributed by atoms with E-state index in [9.17, 15) is 14.4 Å². The minimum atomic E-state index is -1.03. The van der Waals surface area contributed by atoms with Crippen LogP contribution in [0.2, 0.25) is 15.1 Å². The molecular formula is C22H13BrCl3N3O4. The third-order valence-electron chi connectivity index (χ3n) is 4.02. The van der Waals surface area contributed by atoms with Crippen LogP contribution in [-0.2, 0) is 9.59 Å². The lowest BCUT2D eigenvalue weighted by atomic mass is 10.2. The molecule has 7 nitrogen and oxygen atoms in total. The smallest absolute Gasteiger partial charge is 0.345 e. The predicted molar refractivity (Wildman–Crippen MR) is 131 cm³/mol. The summed E-state index contributed by atoms with van der Waals surface area (Å²) in [7, 11) is 0. The Morgan fingerprint density at radius 3 is 2.36 bits per heavy atom. The second-order valence-electron chi connectivity index (χ2n) is 6.33. The second-order valence-corrected chi connectivity index (χ2v) is 8.47. The molecule has 0 aliphatic heterocycles. The van der Waals surface area contributed by atoms with Crippen molar-refractivity contribution in [2.45, 2.75) is 0 Å². The molecule has 0 bridgehead atoms. The molecule has 0 unspecified atom stereocenters. The van der Waals surface area contributed by atoms with Gasteiger partial charge < -0.3 is 10.1 Å². The van der Waals surface area contributed by atoms with Crippen molar-refractivity contribution in [2.24, 2.45) is 5.10 Å². The molecule has 0 aliphatic rings. The average molecular weight is 570 g/mol. The van der Waals surface area contributed by atoms with Crippen molar-refractivity contribution in [1.29, 1.82) is 0 Å². The maximum atomic E-state index is 12.5. The number of anilines is 1. The van der Waals surface area contributed by atoms with Gasteiger partial charge in [0.05, 0.1) is 26.8 Å². The fraction of sp³-hybridized carbons (Fsp3) is 0. The SMILES string of the molecule is O=C(N/N=C/c1cc(Br)ccc1OC(=O)c1ccccc1Cl)C(=O)Nc1ccc(Cl)c(Cl)c1. The maximum absolute atomic E-state index is 12.5. The zero-order chi connectivity index (χ0) is 24.0. The molecular weight excluding hydrogens is 557 g/mol. The van der Waals surface area contributed by atoms with Crippen LogP contribution in [0.1, 0.15) is 15.9 Å². The van der Waals surface area contributed by atoms with Crippen LogP contribution in [0.15, 0.2) is 70.2 Å². The molecule has 0 radical (unpaired) electrons. The molecule has 3 rings (SSSR count). The van der Waals surface area contributed by atoms with Gasteiger partial charge in [0.1, 0.15) is 5.75 Å². The van der Waals surface area contributed by atoms with E-state index in [1.807, 2.05) is 0 Å². The Labute approximate surface area is 211 Å². The van der Waals surface area contributed by atoms with E-state index in [1.54, 1.807) is 36.4 Å². The van der Waals surface area contributed by atoms with Gasteiger partial charge in [-0.3, -0.25) is 9.59 Å². The molecule has 0 saturated carbocycles. The highest BCUT2D eigenvalue weighted by Crippen LogP contribution is 2.25. The minimum Gasteiger partial charge on any atom is -0.422 e. The highest BCUT2D eigenvalue weighted by atomic mass is 79.9. The monoisotopic (exact) mass is 567 g/mol. The summed E-state index contributed by atoms with van der Waals surface area (Å²) in [6, 6.07) is 15.6. The van der Waals surface area contributed by atoms with Gasteiger partial charge in [0, 0.05) is 15.7 Å². The van der Waals surface area contributed by atoms with Gasteiger partial charge in [-0.05, 0) is 48.5 Å². The van der Waals surface area contributed by atoms with E-state index in [1.165, 1.54) is 30.5 Å². The van der Waals surface area contributed by atoms with Crippen molar-refractivity contribution in [2.75, 3.05) is 5.32 Å². The number of halogens is 4.